The van der Waals surface area contributed by atoms with Crippen LogP contribution in [-0.2, 0) is 16.9 Å². The average molecular weight is 417 g/mol. The molecule has 150 valence electrons. The van der Waals surface area contributed by atoms with Crippen LogP contribution in [0.5, 0.6) is 0 Å². The van der Waals surface area contributed by atoms with E-state index in [9.17, 15) is 4.79 Å². The number of rotatable bonds is 4. The minimum Gasteiger partial charge on any atom is -0.364 e. The fourth-order valence-corrected chi connectivity index (χ4v) is 3.85. The zero-order chi connectivity index (χ0) is 17.1. The van der Waals surface area contributed by atoms with Crippen LogP contribution in [0.15, 0.2) is 35.3 Å². The predicted molar refractivity (Wildman–Crippen MR) is 105 cm³/mol. The smallest absolute Gasteiger partial charge is 0.250 e. The second-order valence-electron chi connectivity index (χ2n) is 6.79. The van der Waals surface area contributed by atoms with Gasteiger partial charge in [0.1, 0.15) is 11.8 Å². The number of amides is 1. The van der Waals surface area contributed by atoms with Crippen molar-refractivity contribution in [1.82, 2.24) is 30.1 Å². The van der Waals surface area contributed by atoms with Crippen molar-refractivity contribution in [3.8, 4) is 0 Å². The van der Waals surface area contributed by atoms with E-state index in [2.05, 4.69) is 20.5 Å². The highest BCUT2D eigenvalue weighted by atomic mass is 35.5. The molecule has 0 spiro atoms. The van der Waals surface area contributed by atoms with Gasteiger partial charge in [0, 0.05) is 51.2 Å². The van der Waals surface area contributed by atoms with Crippen molar-refractivity contribution < 1.29 is 9.32 Å². The number of piperidine rings is 1. The zero-order valence-corrected chi connectivity index (χ0v) is 16.8. The van der Waals surface area contributed by atoms with Crippen LogP contribution in [0.3, 0.4) is 0 Å². The van der Waals surface area contributed by atoms with Crippen LogP contribution in [0.4, 0.5) is 0 Å². The van der Waals surface area contributed by atoms with Crippen LogP contribution in [0.1, 0.15) is 18.5 Å². The molecule has 8 nitrogen and oxygen atoms in total. The van der Waals surface area contributed by atoms with E-state index in [-0.39, 0.29) is 30.7 Å². The largest absolute Gasteiger partial charge is 0.364 e. The fraction of sp³-hybridized carbons (Fsp3) is 0.588. The lowest BCUT2D eigenvalue weighted by atomic mass is 9.86. The maximum absolute atomic E-state index is 13.4. The first-order valence-corrected chi connectivity index (χ1v) is 8.90. The summed E-state index contributed by atoms with van der Waals surface area (Å²) >= 11 is 0. The molecule has 2 fully saturated rings. The highest BCUT2D eigenvalue weighted by Crippen LogP contribution is 2.30. The van der Waals surface area contributed by atoms with Gasteiger partial charge in [0.25, 0.3) is 5.91 Å². The van der Waals surface area contributed by atoms with Gasteiger partial charge in [-0.15, -0.1) is 24.8 Å². The van der Waals surface area contributed by atoms with Crippen LogP contribution in [0, 0.1) is 0 Å². The van der Waals surface area contributed by atoms with Gasteiger partial charge in [-0.1, -0.05) is 5.16 Å². The molecule has 2 aliphatic rings. The molecule has 2 aromatic rings. The molecule has 0 unspecified atom stereocenters. The molecule has 2 aromatic heterocycles. The van der Waals surface area contributed by atoms with Gasteiger partial charge in [0.2, 0.25) is 0 Å². The van der Waals surface area contributed by atoms with E-state index < -0.39 is 5.54 Å². The third-order valence-electron chi connectivity index (χ3n) is 5.31. The summed E-state index contributed by atoms with van der Waals surface area (Å²) in [6.45, 7) is 5.65. The molecule has 27 heavy (non-hydrogen) atoms. The second-order valence-corrected chi connectivity index (χ2v) is 6.79. The van der Waals surface area contributed by atoms with E-state index in [1.165, 1.54) is 0 Å². The van der Waals surface area contributed by atoms with E-state index in [1.54, 1.807) is 12.5 Å². The van der Waals surface area contributed by atoms with Crippen LogP contribution in [0.25, 0.3) is 0 Å². The van der Waals surface area contributed by atoms with Crippen molar-refractivity contribution in [2.24, 2.45) is 0 Å². The lowest BCUT2D eigenvalue weighted by Gasteiger charge is -2.43. The number of hydrogen-bond acceptors (Lipinski definition) is 6. The van der Waals surface area contributed by atoms with Crippen LogP contribution in [0.2, 0.25) is 0 Å². The number of piperazine rings is 1. The van der Waals surface area contributed by atoms with E-state index in [1.807, 2.05) is 27.9 Å². The van der Waals surface area contributed by atoms with Crippen molar-refractivity contribution in [3.63, 3.8) is 0 Å². The van der Waals surface area contributed by atoms with Crippen molar-refractivity contribution in [1.29, 1.82) is 0 Å². The van der Waals surface area contributed by atoms with E-state index in [0.29, 0.717) is 0 Å². The van der Waals surface area contributed by atoms with Gasteiger partial charge < -0.3 is 14.7 Å². The van der Waals surface area contributed by atoms with Crippen LogP contribution >= 0.6 is 24.8 Å². The minimum atomic E-state index is -0.539. The first-order chi connectivity index (χ1) is 12.3. The number of halogens is 2. The van der Waals surface area contributed by atoms with Gasteiger partial charge in [-0.2, -0.15) is 5.10 Å². The molecule has 0 aromatic carbocycles. The van der Waals surface area contributed by atoms with Gasteiger partial charge in [0.15, 0.2) is 0 Å². The second kappa shape index (κ2) is 9.54. The normalized spacial score (nSPS) is 19.8. The molecule has 1 amide bonds. The topological polar surface area (TPSA) is 79.4 Å². The number of nitrogens with one attached hydrogen (secondary N) is 1. The number of hydrogen-bond donors (Lipinski definition) is 1. The Balaban J connectivity index is 0.00000131. The lowest BCUT2D eigenvalue weighted by Crippen LogP contribution is -2.59. The number of carbonyl (C=O) groups excluding carboxylic acids is 1. The average Bonchev–Trinajstić information content (AvgIpc) is 3.36. The van der Waals surface area contributed by atoms with E-state index >= 15 is 0 Å². The van der Waals surface area contributed by atoms with Crippen molar-refractivity contribution in [3.05, 3.63) is 36.5 Å². The third kappa shape index (κ3) is 4.45. The van der Waals surface area contributed by atoms with Crippen molar-refractivity contribution in [2.45, 2.75) is 24.9 Å². The maximum atomic E-state index is 13.4. The van der Waals surface area contributed by atoms with Crippen molar-refractivity contribution >= 4 is 30.7 Å². The molecule has 10 heteroatoms. The quantitative estimate of drug-likeness (QED) is 0.804. The standard InChI is InChI=1S/C17H24N6O2.2ClH/c24-16(17(3-6-18-7-4-17)23-8-1-5-19-23)22-11-9-21(10-12-22)14-15-2-13-25-20-15;;/h1-2,5,8,13,18H,3-4,6-7,9-12,14H2;2*1H. The Morgan fingerprint density at radius 2 is 1.93 bits per heavy atom. The zero-order valence-electron chi connectivity index (χ0n) is 15.1. The Morgan fingerprint density at radius 1 is 1.19 bits per heavy atom. The molecule has 2 aliphatic heterocycles. The summed E-state index contributed by atoms with van der Waals surface area (Å²) in [5.74, 6) is 0.207. The minimum absolute atomic E-state index is 0. The third-order valence-corrected chi connectivity index (χ3v) is 5.31. The highest BCUT2D eigenvalue weighted by molar-refractivity contribution is 5.86. The molecular weight excluding hydrogens is 391 g/mol. The Morgan fingerprint density at radius 3 is 2.52 bits per heavy atom. The molecule has 4 rings (SSSR count). The highest BCUT2D eigenvalue weighted by Gasteiger charge is 2.44. The Bertz CT molecular complexity index is 680. The first kappa shape index (κ1) is 21.7. The summed E-state index contributed by atoms with van der Waals surface area (Å²) in [5, 5.41) is 11.7. The molecule has 0 aliphatic carbocycles. The van der Waals surface area contributed by atoms with Gasteiger partial charge in [0.05, 0.1) is 5.69 Å². The summed E-state index contributed by atoms with van der Waals surface area (Å²) in [4.78, 5) is 17.7. The molecule has 4 heterocycles. The fourth-order valence-electron chi connectivity index (χ4n) is 3.85. The Hall–Kier alpha value is -1.61. The van der Waals surface area contributed by atoms with E-state index in [0.717, 1.165) is 64.3 Å². The number of carbonyl (C=O) groups is 1. The number of nitrogens with zero attached hydrogens (tertiary/aromatic N) is 5. The molecule has 0 saturated carbocycles. The molecule has 0 atom stereocenters. The molecular formula is C17H26Cl2N6O2. The summed E-state index contributed by atoms with van der Waals surface area (Å²) < 4.78 is 6.77. The summed E-state index contributed by atoms with van der Waals surface area (Å²) in [5.41, 5.74) is 0.398. The van der Waals surface area contributed by atoms with Gasteiger partial charge in [-0.05, 0) is 32.0 Å². The van der Waals surface area contributed by atoms with Crippen molar-refractivity contribution in [2.75, 3.05) is 39.3 Å². The van der Waals surface area contributed by atoms with Gasteiger partial charge in [-0.3, -0.25) is 14.4 Å². The van der Waals surface area contributed by atoms with E-state index in [4.69, 9.17) is 4.52 Å². The summed E-state index contributed by atoms with van der Waals surface area (Å²) in [7, 11) is 0. The lowest BCUT2D eigenvalue weighted by molar-refractivity contribution is -0.145. The summed E-state index contributed by atoms with van der Waals surface area (Å²) in [6, 6.07) is 3.78. The molecule has 2 saturated heterocycles. The first-order valence-electron chi connectivity index (χ1n) is 8.90. The molecule has 0 radical (unpaired) electrons. The van der Waals surface area contributed by atoms with Gasteiger partial charge >= 0.3 is 0 Å². The summed E-state index contributed by atoms with van der Waals surface area (Å²) in [6.07, 6.45) is 6.84. The Kier molecular flexibility index (Phi) is 7.67. The molecule has 1 N–H and O–H groups in total. The predicted octanol–water partition coefficient (Wildman–Crippen LogP) is 1.14. The maximum Gasteiger partial charge on any atom is 0.250 e. The van der Waals surface area contributed by atoms with Crippen LogP contribution in [-0.4, -0.2) is 69.9 Å². The molecule has 0 bridgehead atoms. The SMILES string of the molecule is Cl.Cl.O=C(N1CCN(Cc2ccon2)CC1)C1(n2cccn2)CCNCC1. The van der Waals surface area contributed by atoms with Gasteiger partial charge in [-0.25, -0.2) is 0 Å². The number of aromatic nitrogens is 3. The Labute approximate surface area is 171 Å². The van der Waals surface area contributed by atoms with Crippen LogP contribution < -0.4 is 5.32 Å². The monoisotopic (exact) mass is 416 g/mol.